The summed E-state index contributed by atoms with van der Waals surface area (Å²) in [6.07, 6.45) is 2.68. The first-order chi connectivity index (χ1) is 13.0. The zero-order valence-electron chi connectivity index (χ0n) is 14.5. The van der Waals surface area contributed by atoms with Gasteiger partial charge in [0, 0.05) is 18.1 Å². The highest BCUT2D eigenvalue weighted by molar-refractivity contribution is 7.92. The second-order valence-corrected chi connectivity index (χ2v) is 8.52. The summed E-state index contributed by atoms with van der Waals surface area (Å²) in [6.45, 7) is 1.73. The predicted molar refractivity (Wildman–Crippen MR) is 108 cm³/mol. The van der Waals surface area contributed by atoms with Crippen LogP contribution in [0, 0.1) is 0 Å². The van der Waals surface area contributed by atoms with Crippen LogP contribution in [0.5, 0.6) is 0 Å². The van der Waals surface area contributed by atoms with E-state index in [0.29, 0.717) is 5.02 Å². The van der Waals surface area contributed by atoms with Gasteiger partial charge >= 0.3 is 0 Å². The summed E-state index contributed by atoms with van der Waals surface area (Å²) in [5, 5.41) is 0.367. The molecule has 2 aromatic carbocycles. The summed E-state index contributed by atoms with van der Waals surface area (Å²) in [6, 6.07) is 18.1. The molecule has 0 bridgehead atoms. The third kappa shape index (κ3) is 3.91. The molecule has 2 heterocycles. The predicted octanol–water partition coefficient (Wildman–Crippen LogP) is 4.10. The zero-order valence-corrected chi connectivity index (χ0v) is 16.0. The van der Waals surface area contributed by atoms with Crippen molar-refractivity contribution in [3.8, 4) is 0 Å². The lowest BCUT2D eigenvalue weighted by atomic mass is 10.00. The number of anilines is 2. The first kappa shape index (κ1) is 17.8. The Labute approximate surface area is 163 Å². The number of benzene rings is 2. The maximum absolute atomic E-state index is 12.5. The molecule has 0 amide bonds. The molecule has 1 N–H and O–H groups in total. The van der Waals surface area contributed by atoms with Crippen molar-refractivity contribution in [2.45, 2.75) is 17.9 Å². The van der Waals surface area contributed by atoms with Crippen LogP contribution >= 0.6 is 11.6 Å². The molecular weight excluding hydrogens is 382 g/mol. The van der Waals surface area contributed by atoms with E-state index in [1.54, 1.807) is 24.4 Å². The molecule has 0 atom stereocenters. The fraction of sp³-hybridized carbons (Fsp3) is 0.150. The van der Waals surface area contributed by atoms with Crippen molar-refractivity contribution >= 4 is 33.1 Å². The molecule has 1 aromatic heterocycles. The van der Waals surface area contributed by atoms with Crippen LogP contribution in [0.2, 0.25) is 5.02 Å². The van der Waals surface area contributed by atoms with Crippen molar-refractivity contribution in [2.75, 3.05) is 16.2 Å². The van der Waals surface area contributed by atoms with Crippen molar-refractivity contribution < 1.29 is 8.42 Å². The Kier molecular flexibility index (Phi) is 4.76. The van der Waals surface area contributed by atoms with Gasteiger partial charge in [-0.25, -0.2) is 13.4 Å². The summed E-state index contributed by atoms with van der Waals surface area (Å²) < 4.78 is 27.4. The van der Waals surface area contributed by atoms with Crippen LogP contribution in [0.25, 0.3) is 0 Å². The molecule has 3 aromatic rings. The van der Waals surface area contributed by atoms with Gasteiger partial charge in [-0.15, -0.1) is 0 Å². The molecular formula is C20H18ClN3O2S. The molecule has 0 saturated carbocycles. The highest BCUT2D eigenvalue weighted by Crippen LogP contribution is 2.25. The van der Waals surface area contributed by atoms with Gasteiger partial charge in [-0.2, -0.15) is 0 Å². The van der Waals surface area contributed by atoms with Gasteiger partial charge in [-0.3, -0.25) is 4.72 Å². The van der Waals surface area contributed by atoms with E-state index in [-0.39, 0.29) is 10.7 Å². The Morgan fingerprint density at radius 2 is 1.81 bits per heavy atom. The number of hydrogen-bond donors (Lipinski definition) is 1. The van der Waals surface area contributed by atoms with E-state index in [1.807, 2.05) is 12.1 Å². The Hall–Kier alpha value is -2.57. The molecule has 0 aliphatic carbocycles. The quantitative estimate of drug-likeness (QED) is 0.717. The van der Waals surface area contributed by atoms with Gasteiger partial charge in [0.25, 0.3) is 10.0 Å². The summed E-state index contributed by atoms with van der Waals surface area (Å²) in [7, 11) is -3.72. The van der Waals surface area contributed by atoms with Crippen molar-refractivity contribution in [1.29, 1.82) is 0 Å². The van der Waals surface area contributed by atoms with Crippen LogP contribution in [-0.2, 0) is 23.0 Å². The molecule has 0 unspecified atom stereocenters. The van der Waals surface area contributed by atoms with Gasteiger partial charge in [0.05, 0.1) is 16.8 Å². The number of hydrogen-bond acceptors (Lipinski definition) is 4. The van der Waals surface area contributed by atoms with Crippen LogP contribution in [0.1, 0.15) is 11.1 Å². The van der Waals surface area contributed by atoms with Gasteiger partial charge in [0.2, 0.25) is 0 Å². The summed E-state index contributed by atoms with van der Waals surface area (Å²) in [5.41, 5.74) is 3.66. The number of halogens is 1. The van der Waals surface area contributed by atoms with Gasteiger partial charge in [-0.1, -0.05) is 41.9 Å². The zero-order chi connectivity index (χ0) is 18.9. The van der Waals surface area contributed by atoms with E-state index in [4.69, 9.17) is 11.6 Å². The number of sulfonamides is 1. The first-order valence-electron chi connectivity index (χ1n) is 8.57. The third-order valence-corrected chi connectivity index (χ3v) is 6.18. The number of nitrogens with one attached hydrogen (secondary N) is 1. The summed E-state index contributed by atoms with van der Waals surface area (Å²) in [5.74, 6) is 0.274. The van der Waals surface area contributed by atoms with Crippen LogP contribution in [0.15, 0.2) is 71.8 Å². The number of aromatic nitrogens is 1. The third-order valence-electron chi connectivity index (χ3n) is 4.59. The Bertz CT molecular complexity index is 1070. The smallest absolute Gasteiger partial charge is 0.263 e. The lowest BCUT2D eigenvalue weighted by Gasteiger charge is -2.30. The van der Waals surface area contributed by atoms with E-state index >= 15 is 0 Å². The molecule has 0 fully saturated rings. The Morgan fingerprint density at radius 3 is 2.56 bits per heavy atom. The molecule has 27 heavy (non-hydrogen) atoms. The second kappa shape index (κ2) is 7.21. The van der Waals surface area contributed by atoms with E-state index in [2.05, 4.69) is 32.8 Å². The fourth-order valence-electron chi connectivity index (χ4n) is 3.18. The lowest BCUT2D eigenvalue weighted by molar-refractivity contribution is 0.601. The van der Waals surface area contributed by atoms with Gasteiger partial charge in [0.1, 0.15) is 5.82 Å². The molecule has 0 spiro atoms. The van der Waals surface area contributed by atoms with Gasteiger partial charge in [-0.05, 0) is 47.9 Å². The number of nitrogens with zero attached hydrogens (tertiary/aromatic N) is 2. The normalized spacial score (nSPS) is 13.9. The van der Waals surface area contributed by atoms with E-state index in [0.717, 1.165) is 25.2 Å². The van der Waals surface area contributed by atoms with Crippen LogP contribution in [-0.4, -0.2) is 19.9 Å². The maximum atomic E-state index is 12.5. The minimum Gasteiger partial charge on any atom is -0.366 e. The number of rotatable bonds is 4. The molecule has 5 nitrogen and oxygen atoms in total. The van der Waals surface area contributed by atoms with Gasteiger partial charge in [0.15, 0.2) is 0 Å². The SMILES string of the molecule is O=S(=O)(Nc1ccc(N2CCc3ccccc3C2)cn1)c1cccc(Cl)c1. The van der Waals surface area contributed by atoms with Crippen molar-refractivity contribution in [3.05, 3.63) is 83.0 Å². The molecule has 7 heteroatoms. The minimum absolute atomic E-state index is 0.105. The van der Waals surface area contributed by atoms with E-state index in [1.165, 1.54) is 23.3 Å². The van der Waals surface area contributed by atoms with Crippen LogP contribution in [0.3, 0.4) is 0 Å². The van der Waals surface area contributed by atoms with Crippen molar-refractivity contribution in [2.24, 2.45) is 0 Å². The minimum atomic E-state index is -3.72. The van der Waals surface area contributed by atoms with E-state index in [9.17, 15) is 8.42 Å². The monoisotopic (exact) mass is 399 g/mol. The number of fused-ring (bicyclic) bond motifs is 1. The lowest BCUT2D eigenvalue weighted by Crippen LogP contribution is -2.30. The summed E-state index contributed by atoms with van der Waals surface area (Å²) in [4.78, 5) is 6.62. The highest BCUT2D eigenvalue weighted by atomic mass is 35.5. The van der Waals surface area contributed by atoms with Crippen LogP contribution in [0.4, 0.5) is 11.5 Å². The maximum Gasteiger partial charge on any atom is 0.263 e. The largest absolute Gasteiger partial charge is 0.366 e. The van der Waals surface area contributed by atoms with Crippen molar-refractivity contribution in [3.63, 3.8) is 0 Å². The molecule has 0 saturated heterocycles. The molecule has 0 radical (unpaired) electrons. The van der Waals surface area contributed by atoms with Gasteiger partial charge < -0.3 is 4.90 Å². The molecule has 1 aliphatic heterocycles. The first-order valence-corrected chi connectivity index (χ1v) is 10.4. The topological polar surface area (TPSA) is 62.3 Å². The van der Waals surface area contributed by atoms with E-state index < -0.39 is 10.0 Å². The second-order valence-electron chi connectivity index (χ2n) is 6.40. The average molecular weight is 400 g/mol. The summed E-state index contributed by atoms with van der Waals surface area (Å²) >= 11 is 5.88. The highest BCUT2D eigenvalue weighted by Gasteiger charge is 2.18. The fourth-order valence-corrected chi connectivity index (χ4v) is 4.49. The number of pyridine rings is 1. The molecule has 1 aliphatic rings. The molecule has 138 valence electrons. The Balaban J connectivity index is 1.50. The van der Waals surface area contributed by atoms with Crippen molar-refractivity contribution in [1.82, 2.24) is 4.98 Å². The Morgan fingerprint density at radius 1 is 1.00 bits per heavy atom. The standard InChI is InChI=1S/C20H18ClN3O2S/c21-17-6-3-7-19(12-17)27(25,26)23-20-9-8-18(13-22-20)24-11-10-15-4-1-2-5-16(15)14-24/h1-9,12-13H,10-11,14H2,(H,22,23). The molecule has 4 rings (SSSR count). The average Bonchev–Trinajstić information content (AvgIpc) is 2.68. The van der Waals surface area contributed by atoms with Crippen LogP contribution < -0.4 is 9.62 Å².